The van der Waals surface area contributed by atoms with Gasteiger partial charge in [0.1, 0.15) is 22.9 Å². The minimum atomic E-state index is -3.41. The summed E-state index contributed by atoms with van der Waals surface area (Å²) in [6.07, 6.45) is 1.05. The smallest absolute Gasteiger partial charge is 0.230 e. The fraction of sp³-hybridized carbons (Fsp3) is 0.400. The number of ether oxygens (including phenoxy) is 3. The third kappa shape index (κ3) is 3.42. The van der Waals surface area contributed by atoms with E-state index < -0.39 is 10.0 Å². The molecule has 0 aromatic heterocycles. The lowest BCUT2D eigenvalue weighted by molar-refractivity contribution is 0.378. The maximum Gasteiger partial charge on any atom is 0.230 e. The van der Waals surface area contributed by atoms with Crippen molar-refractivity contribution in [3.05, 3.63) is 12.1 Å². The first-order valence-corrected chi connectivity index (χ1v) is 6.58. The lowest BCUT2D eigenvalue weighted by Crippen LogP contribution is -2.11. The maximum atomic E-state index is 11.2. The predicted molar refractivity (Wildman–Crippen MR) is 64.6 cm³/mol. The van der Waals surface area contributed by atoms with E-state index in [1.165, 1.54) is 21.3 Å². The van der Waals surface area contributed by atoms with Crippen molar-refractivity contribution in [2.75, 3.05) is 32.3 Å². The van der Waals surface area contributed by atoms with Crippen LogP contribution < -0.4 is 18.9 Å². The van der Waals surface area contributed by atoms with Crippen LogP contribution in [0.5, 0.6) is 17.2 Å². The molecule has 17 heavy (non-hydrogen) atoms. The van der Waals surface area contributed by atoms with Crippen molar-refractivity contribution < 1.29 is 22.6 Å². The van der Waals surface area contributed by atoms with Crippen molar-refractivity contribution >= 4 is 15.7 Å². The van der Waals surface area contributed by atoms with Crippen molar-refractivity contribution in [2.45, 2.75) is 0 Å². The van der Waals surface area contributed by atoms with Gasteiger partial charge in [-0.2, -0.15) is 0 Å². The maximum absolute atomic E-state index is 11.2. The number of benzene rings is 1. The van der Waals surface area contributed by atoms with Gasteiger partial charge in [-0.15, -0.1) is 0 Å². The van der Waals surface area contributed by atoms with Crippen molar-refractivity contribution in [1.29, 1.82) is 0 Å². The van der Waals surface area contributed by atoms with Gasteiger partial charge in [-0.3, -0.25) is 4.72 Å². The van der Waals surface area contributed by atoms with Crippen LogP contribution in [0.2, 0.25) is 0 Å². The first kappa shape index (κ1) is 13.4. The van der Waals surface area contributed by atoms with Gasteiger partial charge in [-0.1, -0.05) is 0 Å². The highest BCUT2D eigenvalue weighted by Gasteiger charge is 2.16. The summed E-state index contributed by atoms with van der Waals surface area (Å²) >= 11 is 0. The monoisotopic (exact) mass is 261 g/mol. The topological polar surface area (TPSA) is 73.9 Å². The molecule has 96 valence electrons. The van der Waals surface area contributed by atoms with Gasteiger partial charge in [0.05, 0.1) is 27.6 Å². The molecule has 0 aliphatic carbocycles. The second-order valence-corrected chi connectivity index (χ2v) is 5.03. The summed E-state index contributed by atoms with van der Waals surface area (Å²) in [5, 5.41) is 0. The van der Waals surface area contributed by atoms with Gasteiger partial charge in [-0.05, 0) is 0 Å². The number of hydrogen-bond acceptors (Lipinski definition) is 5. The summed E-state index contributed by atoms with van der Waals surface area (Å²) in [5.41, 5.74) is 0.248. The van der Waals surface area contributed by atoms with E-state index in [1.807, 2.05) is 0 Å². The predicted octanol–water partition coefficient (Wildman–Crippen LogP) is 1.08. The van der Waals surface area contributed by atoms with E-state index in [2.05, 4.69) is 4.72 Å². The minimum absolute atomic E-state index is 0.248. The Morgan fingerprint density at radius 1 is 1.00 bits per heavy atom. The van der Waals surface area contributed by atoms with Crippen LogP contribution in [0.25, 0.3) is 0 Å². The number of nitrogens with one attached hydrogen (secondary N) is 1. The molecule has 0 amide bonds. The Hall–Kier alpha value is -1.63. The number of anilines is 1. The molecule has 0 saturated carbocycles. The second kappa shape index (κ2) is 5.13. The standard InChI is InChI=1S/C10H15NO5S/c1-14-7-5-8(15-2)10(9(6-7)16-3)11-17(4,12)13/h5-6,11H,1-4H3. The van der Waals surface area contributed by atoms with E-state index in [-0.39, 0.29) is 5.69 Å². The molecule has 1 aromatic rings. The van der Waals surface area contributed by atoms with Crippen molar-refractivity contribution in [1.82, 2.24) is 0 Å². The first-order valence-electron chi connectivity index (χ1n) is 4.69. The fourth-order valence-corrected chi connectivity index (χ4v) is 1.86. The average Bonchev–Trinajstić information content (AvgIpc) is 2.27. The second-order valence-electron chi connectivity index (χ2n) is 3.28. The Balaban J connectivity index is 3.34. The van der Waals surface area contributed by atoms with Gasteiger partial charge in [0.2, 0.25) is 10.0 Å². The molecule has 0 atom stereocenters. The van der Waals surface area contributed by atoms with Gasteiger partial charge >= 0.3 is 0 Å². The highest BCUT2D eigenvalue weighted by Crippen LogP contribution is 2.39. The third-order valence-corrected chi connectivity index (χ3v) is 2.58. The number of hydrogen-bond donors (Lipinski definition) is 1. The van der Waals surface area contributed by atoms with Crippen LogP contribution >= 0.6 is 0 Å². The highest BCUT2D eigenvalue weighted by molar-refractivity contribution is 7.92. The van der Waals surface area contributed by atoms with Crippen LogP contribution in [0.15, 0.2) is 12.1 Å². The summed E-state index contributed by atoms with van der Waals surface area (Å²) in [6, 6.07) is 3.13. The van der Waals surface area contributed by atoms with E-state index in [0.29, 0.717) is 17.2 Å². The Labute approximate surface area is 101 Å². The number of methoxy groups -OCH3 is 3. The van der Waals surface area contributed by atoms with Crippen LogP contribution in [0.1, 0.15) is 0 Å². The van der Waals surface area contributed by atoms with Crippen molar-refractivity contribution in [3.8, 4) is 17.2 Å². The molecule has 1 rings (SSSR count). The molecule has 0 saturated heterocycles. The fourth-order valence-electron chi connectivity index (χ4n) is 1.29. The van der Waals surface area contributed by atoms with Crippen LogP contribution in [0.4, 0.5) is 5.69 Å². The average molecular weight is 261 g/mol. The van der Waals surface area contributed by atoms with E-state index in [4.69, 9.17) is 14.2 Å². The molecule has 0 aliphatic heterocycles. The van der Waals surface area contributed by atoms with Gasteiger partial charge in [0.25, 0.3) is 0 Å². The van der Waals surface area contributed by atoms with E-state index in [9.17, 15) is 8.42 Å². The molecular formula is C10H15NO5S. The van der Waals surface area contributed by atoms with E-state index in [0.717, 1.165) is 6.26 Å². The summed E-state index contributed by atoms with van der Waals surface area (Å²) in [5.74, 6) is 1.16. The molecular weight excluding hydrogens is 246 g/mol. The van der Waals surface area contributed by atoms with Crippen molar-refractivity contribution in [3.63, 3.8) is 0 Å². The first-order chi connectivity index (χ1) is 7.91. The summed E-state index contributed by atoms with van der Waals surface area (Å²) in [7, 11) is 0.950. The van der Waals surface area contributed by atoms with Crippen molar-refractivity contribution in [2.24, 2.45) is 0 Å². The molecule has 0 aliphatic rings. The number of sulfonamides is 1. The van der Waals surface area contributed by atoms with Crippen LogP contribution in [-0.4, -0.2) is 36.0 Å². The summed E-state index contributed by atoms with van der Waals surface area (Å²) < 4.78 is 40.0. The lowest BCUT2D eigenvalue weighted by Gasteiger charge is -2.15. The highest BCUT2D eigenvalue weighted by atomic mass is 32.2. The zero-order chi connectivity index (χ0) is 13.1. The molecule has 0 spiro atoms. The normalized spacial score (nSPS) is 10.8. The Kier molecular flexibility index (Phi) is 4.06. The van der Waals surface area contributed by atoms with Crippen LogP contribution in [0.3, 0.4) is 0 Å². The Morgan fingerprint density at radius 2 is 1.47 bits per heavy atom. The van der Waals surface area contributed by atoms with Gasteiger partial charge < -0.3 is 14.2 Å². The molecule has 1 aromatic carbocycles. The van der Waals surface area contributed by atoms with E-state index in [1.54, 1.807) is 12.1 Å². The minimum Gasteiger partial charge on any atom is -0.496 e. The zero-order valence-corrected chi connectivity index (χ0v) is 10.9. The molecule has 0 bridgehead atoms. The lowest BCUT2D eigenvalue weighted by atomic mass is 10.2. The van der Waals surface area contributed by atoms with E-state index >= 15 is 0 Å². The van der Waals surface area contributed by atoms with Gasteiger partial charge in [0, 0.05) is 12.1 Å². The molecule has 0 radical (unpaired) electrons. The Bertz CT molecular complexity index is 472. The van der Waals surface area contributed by atoms with Gasteiger partial charge in [0.15, 0.2) is 0 Å². The molecule has 1 N–H and O–H groups in total. The number of rotatable bonds is 5. The summed E-state index contributed by atoms with van der Waals surface area (Å²) in [4.78, 5) is 0. The molecule has 6 nitrogen and oxygen atoms in total. The molecule has 0 unspecified atom stereocenters. The van der Waals surface area contributed by atoms with Crippen LogP contribution in [0, 0.1) is 0 Å². The van der Waals surface area contributed by atoms with Gasteiger partial charge in [-0.25, -0.2) is 8.42 Å². The molecule has 0 fully saturated rings. The molecule has 0 heterocycles. The summed E-state index contributed by atoms with van der Waals surface area (Å²) in [6.45, 7) is 0. The molecule has 7 heteroatoms. The van der Waals surface area contributed by atoms with Crippen LogP contribution in [-0.2, 0) is 10.0 Å². The zero-order valence-electron chi connectivity index (χ0n) is 10.1. The Morgan fingerprint density at radius 3 is 1.76 bits per heavy atom. The quantitative estimate of drug-likeness (QED) is 0.858. The largest absolute Gasteiger partial charge is 0.496 e. The third-order valence-electron chi connectivity index (χ3n) is 2.00. The SMILES string of the molecule is COc1cc(OC)c(NS(C)(=O)=O)c(OC)c1.